The van der Waals surface area contributed by atoms with Crippen LogP contribution in [0.25, 0.3) is 0 Å². The molecule has 5 nitrogen and oxygen atoms in total. The molecule has 1 N–H and O–H groups in total. The van der Waals surface area contributed by atoms with E-state index in [0.717, 1.165) is 19.3 Å². The molecule has 5 heteroatoms. The summed E-state index contributed by atoms with van der Waals surface area (Å²) in [6, 6.07) is -0.399. The molecule has 1 aliphatic heterocycles. The topological polar surface area (TPSA) is 74.7 Å². The number of carbonyl (C=O) groups is 3. The molecule has 0 spiro atoms. The van der Waals surface area contributed by atoms with Crippen LogP contribution in [0.15, 0.2) is 0 Å². The average molecular weight is 265 g/mol. The molecule has 6 atom stereocenters. The third-order valence-electron chi connectivity index (χ3n) is 5.46. The standard InChI is InChI=1S/C14H19NO4/c1-6-7(2)13(17)15(12(6)16)11-9-4-3-8(5-9)10(11)14(18)19/h6-11H,3-5H2,1-2H3,(H,18,19). The Bertz CT molecular complexity index is 440. The molecule has 1 saturated heterocycles. The summed E-state index contributed by atoms with van der Waals surface area (Å²) in [5.74, 6) is -2.07. The molecule has 0 aromatic carbocycles. The number of rotatable bonds is 2. The van der Waals surface area contributed by atoms with E-state index in [4.69, 9.17) is 0 Å². The minimum absolute atomic E-state index is 0.138. The highest BCUT2D eigenvalue weighted by molar-refractivity contribution is 6.05. The fourth-order valence-electron chi connectivity index (χ4n) is 4.25. The number of imide groups is 1. The van der Waals surface area contributed by atoms with Crippen LogP contribution in [0.4, 0.5) is 0 Å². The molecule has 0 aromatic rings. The van der Waals surface area contributed by atoms with Gasteiger partial charge in [0.15, 0.2) is 0 Å². The maximum Gasteiger partial charge on any atom is 0.308 e. The van der Waals surface area contributed by atoms with E-state index in [9.17, 15) is 19.5 Å². The van der Waals surface area contributed by atoms with Crippen molar-refractivity contribution in [2.45, 2.75) is 39.2 Å². The zero-order chi connectivity index (χ0) is 13.9. The fraction of sp³-hybridized carbons (Fsp3) is 0.786. The van der Waals surface area contributed by atoms with Gasteiger partial charge in [-0.2, -0.15) is 0 Å². The van der Waals surface area contributed by atoms with E-state index in [-0.39, 0.29) is 35.5 Å². The van der Waals surface area contributed by atoms with Crippen molar-refractivity contribution in [3.63, 3.8) is 0 Å². The number of carbonyl (C=O) groups excluding carboxylic acids is 2. The van der Waals surface area contributed by atoms with E-state index < -0.39 is 17.9 Å². The smallest absolute Gasteiger partial charge is 0.308 e. The minimum Gasteiger partial charge on any atom is -0.481 e. The lowest BCUT2D eigenvalue weighted by Gasteiger charge is -2.34. The number of nitrogens with zero attached hydrogens (tertiary/aromatic N) is 1. The van der Waals surface area contributed by atoms with Crippen LogP contribution in [-0.2, 0) is 14.4 Å². The normalized spacial score (nSPS) is 45.3. The number of fused-ring (bicyclic) bond motifs is 2. The molecule has 3 rings (SSSR count). The average Bonchev–Trinajstić information content (AvgIpc) is 3.01. The van der Waals surface area contributed by atoms with Crippen LogP contribution in [-0.4, -0.2) is 33.8 Å². The zero-order valence-electron chi connectivity index (χ0n) is 11.2. The molecule has 3 aliphatic rings. The van der Waals surface area contributed by atoms with Gasteiger partial charge in [0.2, 0.25) is 11.8 Å². The van der Waals surface area contributed by atoms with Gasteiger partial charge in [-0.25, -0.2) is 0 Å². The number of carboxylic acid groups (broad SMARTS) is 1. The van der Waals surface area contributed by atoms with Crippen molar-refractivity contribution < 1.29 is 19.5 Å². The number of aliphatic carboxylic acids is 1. The van der Waals surface area contributed by atoms with E-state index in [0.29, 0.717) is 0 Å². The van der Waals surface area contributed by atoms with Gasteiger partial charge >= 0.3 is 5.97 Å². The molecule has 0 radical (unpaired) electrons. The van der Waals surface area contributed by atoms with Crippen molar-refractivity contribution in [2.24, 2.45) is 29.6 Å². The van der Waals surface area contributed by atoms with Gasteiger partial charge in [-0.05, 0) is 31.1 Å². The quantitative estimate of drug-likeness (QED) is 0.759. The minimum atomic E-state index is -0.856. The summed E-state index contributed by atoms with van der Waals surface area (Å²) in [4.78, 5) is 37.3. The van der Waals surface area contributed by atoms with Crippen molar-refractivity contribution in [1.29, 1.82) is 0 Å². The maximum absolute atomic E-state index is 12.3. The van der Waals surface area contributed by atoms with Crippen molar-refractivity contribution in [3.8, 4) is 0 Å². The van der Waals surface area contributed by atoms with Crippen LogP contribution in [0, 0.1) is 29.6 Å². The number of amides is 2. The van der Waals surface area contributed by atoms with Crippen LogP contribution in [0.5, 0.6) is 0 Å². The van der Waals surface area contributed by atoms with Crippen LogP contribution in [0.1, 0.15) is 33.1 Å². The first-order valence-electron chi connectivity index (χ1n) is 7.03. The Hall–Kier alpha value is -1.39. The Morgan fingerprint density at radius 2 is 1.63 bits per heavy atom. The van der Waals surface area contributed by atoms with Gasteiger partial charge in [0.25, 0.3) is 0 Å². The molecule has 2 saturated carbocycles. The Balaban J connectivity index is 1.95. The molecular weight excluding hydrogens is 246 g/mol. The highest BCUT2D eigenvalue weighted by Crippen LogP contribution is 2.52. The molecule has 0 aromatic heterocycles. The van der Waals surface area contributed by atoms with E-state index in [2.05, 4.69) is 0 Å². The van der Waals surface area contributed by atoms with Gasteiger partial charge in [-0.15, -0.1) is 0 Å². The molecule has 3 fully saturated rings. The Morgan fingerprint density at radius 3 is 2.16 bits per heavy atom. The lowest BCUT2D eigenvalue weighted by molar-refractivity contribution is -0.152. The molecule has 2 bridgehead atoms. The molecule has 6 unspecified atom stereocenters. The van der Waals surface area contributed by atoms with Gasteiger partial charge < -0.3 is 5.11 Å². The summed E-state index contributed by atoms with van der Waals surface area (Å²) in [7, 11) is 0. The Morgan fingerprint density at radius 1 is 1.11 bits per heavy atom. The van der Waals surface area contributed by atoms with Gasteiger partial charge in [0, 0.05) is 11.8 Å². The molecule has 1 heterocycles. The van der Waals surface area contributed by atoms with E-state index in [1.807, 2.05) is 0 Å². The molecule has 2 amide bonds. The van der Waals surface area contributed by atoms with Gasteiger partial charge in [0.05, 0.1) is 12.0 Å². The summed E-state index contributed by atoms with van der Waals surface area (Å²) in [6.45, 7) is 3.52. The highest BCUT2D eigenvalue weighted by Gasteiger charge is 2.58. The summed E-state index contributed by atoms with van der Waals surface area (Å²) < 4.78 is 0. The Labute approximate surface area is 112 Å². The predicted molar refractivity (Wildman–Crippen MR) is 65.9 cm³/mol. The lowest BCUT2D eigenvalue weighted by atomic mass is 9.83. The maximum atomic E-state index is 12.3. The predicted octanol–water partition coefficient (Wildman–Crippen LogP) is 1.13. The monoisotopic (exact) mass is 265 g/mol. The molecule has 104 valence electrons. The lowest BCUT2D eigenvalue weighted by Crippen LogP contribution is -2.50. The molecule has 2 aliphatic carbocycles. The third-order valence-corrected chi connectivity index (χ3v) is 5.46. The fourth-order valence-corrected chi connectivity index (χ4v) is 4.25. The number of likely N-dealkylation sites (tertiary alicyclic amines) is 1. The van der Waals surface area contributed by atoms with Crippen molar-refractivity contribution in [1.82, 2.24) is 4.90 Å². The second kappa shape index (κ2) is 4.05. The first kappa shape index (κ1) is 12.6. The van der Waals surface area contributed by atoms with E-state index in [1.165, 1.54) is 4.90 Å². The molecule has 19 heavy (non-hydrogen) atoms. The Kier molecular flexibility index (Phi) is 2.69. The summed E-state index contributed by atoms with van der Waals surface area (Å²) in [5, 5.41) is 9.42. The van der Waals surface area contributed by atoms with Gasteiger partial charge in [-0.1, -0.05) is 13.8 Å². The van der Waals surface area contributed by atoms with Gasteiger partial charge in [0.1, 0.15) is 0 Å². The number of hydrogen-bond acceptors (Lipinski definition) is 3. The third kappa shape index (κ3) is 1.56. The van der Waals surface area contributed by atoms with Crippen LogP contribution in [0.2, 0.25) is 0 Å². The summed E-state index contributed by atoms with van der Waals surface area (Å²) >= 11 is 0. The zero-order valence-corrected chi connectivity index (χ0v) is 11.2. The van der Waals surface area contributed by atoms with Crippen LogP contribution in [0.3, 0.4) is 0 Å². The SMILES string of the molecule is CC1C(=O)N(C2C3CCC(C3)C2C(=O)O)C(=O)C1C. The second-order valence-corrected chi connectivity index (χ2v) is 6.31. The first-order chi connectivity index (χ1) is 8.93. The molecular formula is C14H19NO4. The van der Waals surface area contributed by atoms with Crippen molar-refractivity contribution in [2.75, 3.05) is 0 Å². The van der Waals surface area contributed by atoms with Gasteiger partial charge in [-0.3, -0.25) is 19.3 Å². The highest BCUT2D eigenvalue weighted by atomic mass is 16.4. The summed E-state index contributed by atoms with van der Waals surface area (Å²) in [6.07, 6.45) is 2.71. The van der Waals surface area contributed by atoms with Crippen LogP contribution < -0.4 is 0 Å². The van der Waals surface area contributed by atoms with Crippen LogP contribution >= 0.6 is 0 Å². The number of hydrogen-bond donors (Lipinski definition) is 1. The first-order valence-corrected chi connectivity index (χ1v) is 7.03. The second-order valence-electron chi connectivity index (χ2n) is 6.31. The number of carboxylic acids is 1. The van der Waals surface area contributed by atoms with Crippen molar-refractivity contribution in [3.05, 3.63) is 0 Å². The summed E-state index contributed by atoms with van der Waals surface area (Å²) in [5.41, 5.74) is 0. The van der Waals surface area contributed by atoms with Crippen molar-refractivity contribution >= 4 is 17.8 Å². The largest absolute Gasteiger partial charge is 0.481 e. The van der Waals surface area contributed by atoms with E-state index >= 15 is 0 Å². The van der Waals surface area contributed by atoms with E-state index in [1.54, 1.807) is 13.8 Å².